The molecule has 2 rings (SSSR count). The fourth-order valence-corrected chi connectivity index (χ4v) is 1.98. The first-order valence-electron chi connectivity index (χ1n) is 7.15. The third kappa shape index (κ3) is 4.46. The standard InChI is InChI=1S/C15H22N4O2/c1-3-4-14(16)15-11-19(18-17-15)9-10-21-13-7-5-12(20-2)6-8-13/h5-8,11,14H,3-4,9-10,16H2,1-2H3. The minimum absolute atomic E-state index is 0.0359. The van der Waals surface area contributed by atoms with Crippen LogP contribution in [0.2, 0.25) is 0 Å². The monoisotopic (exact) mass is 290 g/mol. The highest BCUT2D eigenvalue weighted by Crippen LogP contribution is 2.17. The molecular formula is C15H22N4O2. The van der Waals surface area contributed by atoms with Crippen LogP contribution in [-0.2, 0) is 6.54 Å². The summed E-state index contributed by atoms with van der Waals surface area (Å²) < 4.78 is 12.5. The Morgan fingerprint density at radius 2 is 1.95 bits per heavy atom. The van der Waals surface area contributed by atoms with E-state index in [1.807, 2.05) is 30.5 Å². The molecule has 6 heteroatoms. The molecule has 1 unspecified atom stereocenters. The van der Waals surface area contributed by atoms with E-state index in [1.54, 1.807) is 11.8 Å². The molecule has 0 aliphatic carbocycles. The maximum absolute atomic E-state index is 6.01. The molecule has 6 nitrogen and oxygen atoms in total. The molecule has 1 aromatic heterocycles. The molecule has 1 aromatic carbocycles. The lowest BCUT2D eigenvalue weighted by Gasteiger charge is -2.07. The molecule has 0 amide bonds. The van der Waals surface area contributed by atoms with Crippen molar-refractivity contribution in [3.05, 3.63) is 36.2 Å². The van der Waals surface area contributed by atoms with E-state index in [4.69, 9.17) is 15.2 Å². The third-order valence-electron chi connectivity index (χ3n) is 3.18. The summed E-state index contributed by atoms with van der Waals surface area (Å²) in [7, 11) is 1.64. The number of nitrogens with zero attached hydrogens (tertiary/aromatic N) is 3. The van der Waals surface area contributed by atoms with Gasteiger partial charge in [-0.25, -0.2) is 4.68 Å². The predicted molar refractivity (Wildman–Crippen MR) is 80.3 cm³/mol. The van der Waals surface area contributed by atoms with Gasteiger partial charge < -0.3 is 15.2 Å². The van der Waals surface area contributed by atoms with Gasteiger partial charge in [-0.05, 0) is 30.7 Å². The molecule has 0 saturated heterocycles. The molecule has 0 saturated carbocycles. The Morgan fingerprint density at radius 3 is 2.62 bits per heavy atom. The lowest BCUT2D eigenvalue weighted by Crippen LogP contribution is -2.10. The van der Waals surface area contributed by atoms with Crippen molar-refractivity contribution in [3.8, 4) is 11.5 Å². The van der Waals surface area contributed by atoms with Crippen LogP contribution in [0.1, 0.15) is 31.5 Å². The zero-order chi connectivity index (χ0) is 15.1. The second-order valence-electron chi connectivity index (χ2n) is 4.83. The molecule has 0 spiro atoms. The Balaban J connectivity index is 1.80. The van der Waals surface area contributed by atoms with E-state index in [0.717, 1.165) is 30.0 Å². The van der Waals surface area contributed by atoms with Gasteiger partial charge in [-0.2, -0.15) is 0 Å². The van der Waals surface area contributed by atoms with Crippen molar-refractivity contribution in [2.75, 3.05) is 13.7 Å². The average molecular weight is 290 g/mol. The van der Waals surface area contributed by atoms with Crippen LogP contribution in [0.5, 0.6) is 11.5 Å². The van der Waals surface area contributed by atoms with Gasteiger partial charge in [-0.1, -0.05) is 18.6 Å². The van der Waals surface area contributed by atoms with E-state index in [1.165, 1.54) is 0 Å². The van der Waals surface area contributed by atoms with Crippen molar-refractivity contribution >= 4 is 0 Å². The minimum atomic E-state index is -0.0359. The number of methoxy groups -OCH3 is 1. The van der Waals surface area contributed by atoms with Crippen LogP contribution >= 0.6 is 0 Å². The maximum atomic E-state index is 6.01. The molecule has 0 fully saturated rings. The van der Waals surface area contributed by atoms with E-state index < -0.39 is 0 Å². The highest BCUT2D eigenvalue weighted by molar-refractivity contribution is 5.31. The summed E-state index contributed by atoms with van der Waals surface area (Å²) in [5.41, 5.74) is 6.84. The van der Waals surface area contributed by atoms with Gasteiger partial charge in [0.2, 0.25) is 0 Å². The Labute approximate surface area is 124 Å². The Kier molecular flexibility index (Phi) is 5.57. The Bertz CT molecular complexity index is 539. The van der Waals surface area contributed by atoms with Crippen LogP contribution in [0.4, 0.5) is 0 Å². The molecule has 1 heterocycles. The van der Waals surface area contributed by atoms with Gasteiger partial charge >= 0.3 is 0 Å². The molecule has 0 bridgehead atoms. The zero-order valence-electron chi connectivity index (χ0n) is 12.5. The molecule has 0 radical (unpaired) electrons. The number of hydrogen-bond donors (Lipinski definition) is 1. The van der Waals surface area contributed by atoms with Gasteiger partial charge in [0.15, 0.2) is 0 Å². The minimum Gasteiger partial charge on any atom is -0.497 e. The van der Waals surface area contributed by atoms with Crippen molar-refractivity contribution in [1.29, 1.82) is 0 Å². The number of hydrogen-bond acceptors (Lipinski definition) is 5. The van der Waals surface area contributed by atoms with Crippen molar-refractivity contribution in [1.82, 2.24) is 15.0 Å². The van der Waals surface area contributed by atoms with Crippen molar-refractivity contribution in [2.45, 2.75) is 32.4 Å². The van der Waals surface area contributed by atoms with Crippen LogP contribution in [0.3, 0.4) is 0 Å². The average Bonchev–Trinajstić information content (AvgIpc) is 2.97. The summed E-state index contributed by atoms with van der Waals surface area (Å²) in [6, 6.07) is 7.46. The maximum Gasteiger partial charge on any atom is 0.119 e. The predicted octanol–water partition coefficient (Wildman–Crippen LogP) is 2.17. The molecule has 1 atom stereocenters. The van der Waals surface area contributed by atoms with Crippen molar-refractivity contribution in [3.63, 3.8) is 0 Å². The number of aromatic nitrogens is 3. The number of nitrogens with two attached hydrogens (primary N) is 1. The van der Waals surface area contributed by atoms with Crippen LogP contribution in [0.15, 0.2) is 30.5 Å². The quantitative estimate of drug-likeness (QED) is 0.806. The van der Waals surface area contributed by atoms with E-state index >= 15 is 0 Å². The van der Waals surface area contributed by atoms with Crippen LogP contribution < -0.4 is 15.2 Å². The lowest BCUT2D eigenvalue weighted by molar-refractivity contribution is 0.289. The molecule has 114 valence electrons. The smallest absolute Gasteiger partial charge is 0.119 e. The Hall–Kier alpha value is -2.08. The van der Waals surface area contributed by atoms with E-state index in [-0.39, 0.29) is 6.04 Å². The fraction of sp³-hybridized carbons (Fsp3) is 0.467. The molecule has 2 aromatic rings. The first-order valence-corrected chi connectivity index (χ1v) is 7.15. The van der Waals surface area contributed by atoms with E-state index in [0.29, 0.717) is 13.2 Å². The van der Waals surface area contributed by atoms with Crippen molar-refractivity contribution in [2.24, 2.45) is 5.73 Å². The van der Waals surface area contributed by atoms with Gasteiger partial charge in [0, 0.05) is 0 Å². The lowest BCUT2D eigenvalue weighted by atomic mass is 10.1. The van der Waals surface area contributed by atoms with Crippen LogP contribution in [-0.4, -0.2) is 28.7 Å². The SMILES string of the molecule is CCCC(N)c1cn(CCOc2ccc(OC)cc2)nn1. The normalized spacial score (nSPS) is 12.1. The van der Waals surface area contributed by atoms with Gasteiger partial charge in [0.25, 0.3) is 0 Å². The highest BCUT2D eigenvalue weighted by atomic mass is 16.5. The second kappa shape index (κ2) is 7.64. The summed E-state index contributed by atoms with van der Waals surface area (Å²) in [6.07, 6.45) is 3.84. The molecule has 21 heavy (non-hydrogen) atoms. The van der Waals surface area contributed by atoms with E-state index in [2.05, 4.69) is 17.2 Å². The fourth-order valence-electron chi connectivity index (χ4n) is 1.98. The number of benzene rings is 1. The van der Waals surface area contributed by atoms with Crippen molar-refractivity contribution < 1.29 is 9.47 Å². The first kappa shape index (κ1) is 15.3. The zero-order valence-corrected chi connectivity index (χ0v) is 12.5. The first-order chi connectivity index (χ1) is 10.2. The number of rotatable bonds is 8. The molecule has 0 aliphatic heterocycles. The summed E-state index contributed by atoms with van der Waals surface area (Å²) >= 11 is 0. The van der Waals surface area contributed by atoms with Gasteiger partial charge in [0.05, 0.1) is 31.6 Å². The Morgan fingerprint density at radius 1 is 1.24 bits per heavy atom. The highest BCUT2D eigenvalue weighted by Gasteiger charge is 2.09. The largest absolute Gasteiger partial charge is 0.497 e. The van der Waals surface area contributed by atoms with Crippen LogP contribution in [0.25, 0.3) is 0 Å². The summed E-state index contributed by atoms with van der Waals surface area (Å²) in [5, 5.41) is 8.16. The summed E-state index contributed by atoms with van der Waals surface area (Å²) in [6.45, 7) is 3.27. The van der Waals surface area contributed by atoms with E-state index in [9.17, 15) is 0 Å². The summed E-state index contributed by atoms with van der Waals surface area (Å²) in [5.74, 6) is 1.62. The van der Waals surface area contributed by atoms with Crippen LogP contribution in [0, 0.1) is 0 Å². The molecule has 0 aliphatic rings. The van der Waals surface area contributed by atoms with Gasteiger partial charge in [-0.15, -0.1) is 5.10 Å². The summed E-state index contributed by atoms with van der Waals surface area (Å²) in [4.78, 5) is 0. The molecule has 2 N–H and O–H groups in total. The topological polar surface area (TPSA) is 75.2 Å². The molecular weight excluding hydrogens is 268 g/mol. The third-order valence-corrected chi connectivity index (χ3v) is 3.18. The van der Waals surface area contributed by atoms with Gasteiger partial charge in [0.1, 0.15) is 18.1 Å². The number of ether oxygens (including phenoxy) is 2. The van der Waals surface area contributed by atoms with Gasteiger partial charge in [-0.3, -0.25) is 0 Å². The second-order valence-corrected chi connectivity index (χ2v) is 4.83.